The zero-order chi connectivity index (χ0) is 19.7. The molecule has 2 aromatic heterocycles. The van der Waals surface area contributed by atoms with Crippen LogP contribution in [0.15, 0.2) is 71.1 Å². The van der Waals surface area contributed by atoms with Gasteiger partial charge in [-0.2, -0.15) is 0 Å². The molecule has 5 nitrogen and oxygen atoms in total. The van der Waals surface area contributed by atoms with Gasteiger partial charge in [-0.25, -0.2) is 9.37 Å². The molecule has 0 radical (unpaired) electrons. The quantitative estimate of drug-likeness (QED) is 0.528. The lowest BCUT2D eigenvalue weighted by Gasteiger charge is -2.17. The van der Waals surface area contributed by atoms with Crippen molar-refractivity contribution in [2.45, 2.75) is 6.54 Å². The summed E-state index contributed by atoms with van der Waals surface area (Å²) < 4.78 is 14.9. The average molecular weight is 393 g/mol. The fraction of sp³-hybridized carbons (Fsp3) is 0.0952. The summed E-state index contributed by atoms with van der Waals surface area (Å²) in [5, 5.41) is 1.91. The molecule has 0 atom stereocenters. The Labute approximate surface area is 164 Å². The Morgan fingerprint density at radius 2 is 1.86 bits per heavy atom. The molecule has 0 fully saturated rings. The van der Waals surface area contributed by atoms with E-state index < -0.39 is 0 Å². The monoisotopic (exact) mass is 393 g/mol. The van der Waals surface area contributed by atoms with Crippen molar-refractivity contribution >= 4 is 33.1 Å². The van der Waals surface area contributed by atoms with Crippen LogP contribution in [-0.2, 0) is 11.3 Å². The van der Waals surface area contributed by atoms with Crippen molar-refractivity contribution in [3.05, 3.63) is 82.5 Å². The predicted octanol–water partition coefficient (Wildman–Crippen LogP) is 3.93. The van der Waals surface area contributed by atoms with Gasteiger partial charge in [0.25, 0.3) is 5.56 Å². The molecule has 4 rings (SSSR count). The van der Waals surface area contributed by atoms with Gasteiger partial charge in [-0.1, -0.05) is 30.3 Å². The third kappa shape index (κ3) is 3.32. The Kier molecular flexibility index (Phi) is 4.75. The minimum atomic E-state index is -0.373. The van der Waals surface area contributed by atoms with Crippen molar-refractivity contribution in [3.63, 3.8) is 0 Å². The maximum atomic E-state index is 13.1. The summed E-state index contributed by atoms with van der Waals surface area (Å²) in [5.41, 5.74) is 2.83. The molecule has 0 unspecified atom stereocenters. The number of likely N-dealkylation sites (N-methyl/N-ethyl adjacent to an activating group) is 1. The van der Waals surface area contributed by atoms with Gasteiger partial charge in [0.05, 0.1) is 11.8 Å². The minimum Gasteiger partial charge on any atom is -0.314 e. The van der Waals surface area contributed by atoms with Gasteiger partial charge >= 0.3 is 0 Å². The molecule has 0 aliphatic carbocycles. The van der Waals surface area contributed by atoms with Crippen molar-refractivity contribution < 1.29 is 9.18 Å². The fourth-order valence-electron chi connectivity index (χ4n) is 2.94. The highest BCUT2D eigenvalue weighted by Crippen LogP contribution is 2.30. The van der Waals surface area contributed by atoms with E-state index in [0.29, 0.717) is 15.9 Å². The molecule has 0 saturated carbocycles. The molecule has 0 bridgehead atoms. The van der Waals surface area contributed by atoms with E-state index in [9.17, 15) is 14.0 Å². The third-order valence-corrected chi connectivity index (χ3v) is 5.48. The lowest BCUT2D eigenvalue weighted by atomic mass is 10.1. The SMILES string of the molecule is CN(C(=O)Cn1cnc2c(-c3ccccc3)csc2c1=O)c1ccc(F)cc1. The number of anilines is 1. The summed E-state index contributed by atoms with van der Waals surface area (Å²) in [6.07, 6.45) is 1.40. The van der Waals surface area contributed by atoms with Crippen LogP contribution in [0.4, 0.5) is 10.1 Å². The van der Waals surface area contributed by atoms with Crippen LogP contribution >= 0.6 is 11.3 Å². The van der Waals surface area contributed by atoms with Gasteiger partial charge in [0, 0.05) is 23.7 Å². The number of aromatic nitrogens is 2. The van der Waals surface area contributed by atoms with Crippen LogP contribution < -0.4 is 10.5 Å². The van der Waals surface area contributed by atoms with Crippen molar-refractivity contribution in [3.8, 4) is 11.1 Å². The van der Waals surface area contributed by atoms with Crippen molar-refractivity contribution in [1.82, 2.24) is 9.55 Å². The van der Waals surface area contributed by atoms with Crippen LogP contribution in [0.1, 0.15) is 0 Å². The smallest absolute Gasteiger partial charge is 0.271 e. The zero-order valence-electron chi connectivity index (χ0n) is 15.0. The van der Waals surface area contributed by atoms with Gasteiger partial charge < -0.3 is 4.90 Å². The first-order valence-electron chi connectivity index (χ1n) is 8.59. The van der Waals surface area contributed by atoms with Gasteiger partial charge in [0.1, 0.15) is 17.1 Å². The second-order valence-electron chi connectivity index (χ2n) is 6.30. The van der Waals surface area contributed by atoms with Crippen LogP contribution in [0, 0.1) is 5.82 Å². The molecule has 0 saturated heterocycles. The molecule has 2 heterocycles. The third-order valence-electron chi connectivity index (χ3n) is 4.52. The van der Waals surface area contributed by atoms with Crippen LogP contribution in [0.2, 0.25) is 0 Å². The van der Waals surface area contributed by atoms with Crippen LogP contribution in [0.5, 0.6) is 0 Å². The molecule has 140 valence electrons. The fourth-order valence-corrected chi connectivity index (χ4v) is 3.91. The van der Waals surface area contributed by atoms with Crippen LogP contribution in [0.25, 0.3) is 21.3 Å². The Bertz CT molecular complexity index is 1200. The molecule has 2 aromatic carbocycles. The van der Waals surface area contributed by atoms with E-state index in [1.54, 1.807) is 7.05 Å². The highest BCUT2D eigenvalue weighted by atomic mass is 32.1. The molecule has 1 amide bonds. The molecule has 0 aliphatic heterocycles. The summed E-state index contributed by atoms with van der Waals surface area (Å²) in [5.74, 6) is -0.669. The minimum absolute atomic E-state index is 0.145. The number of carbonyl (C=O) groups excluding carboxylic acids is 1. The van der Waals surface area contributed by atoms with E-state index in [4.69, 9.17) is 0 Å². The van der Waals surface area contributed by atoms with Gasteiger partial charge in [-0.15, -0.1) is 11.3 Å². The number of amides is 1. The molecule has 0 aliphatic rings. The summed E-state index contributed by atoms with van der Waals surface area (Å²) in [7, 11) is 1.59. The maximum absolute atomic E-state index is 13.1. The number of thiophene rings is 1. The van der Waals surface area contributed by atoms with E-state index in [0.717, 1.165) is 11.1 Å². The van der Waals surface area contributed by atoms with Crippen LogP contribution in [-0.4, -0.2) is 22.5 Å². The number of fused-ring (bicyclic) bond motifs is 1. The first kappa shape index (κ1) is 18.1. The number of hydrogen-bond donors (Lipinski definition) is 0. The molecule has 0 N–H and O–H groups in total. The Morgan fingerprint density at radius 3 is 2.57 bits per heavy atom. The van der Waals surface area contributed by atoms with Gasteiger partial charge in [-0.05, 0) is 29.8 Å². The Balaban J connectivity index is 1.63. The maximum Gasteiger partial charge on any atom is 0.271 e. The number of nitrogens with zero attached hydrogens (tertiary/aromatic N) is 3. The average Bonchev–Trinajstić information content (AvgIpc) is 3.15. The number of benzene rings is 2. The first-order chi connectivity index (χ1) is 13.5. The number of carbonyl (C=O) groups is 1. The summed E-state index contributed by atoms with van der Waals surface area (Å²) >= 11 is 1.32. The van der Waals surface area contributed by atoms with Crippen molar-refractivity contribution in [1.29, 1.82) is 0 Å². The van der Waals surface area contributed by atoms with Gasteiger partial charge in [0.15, 0.2) is 0 Å². The lowest BCUT2D eigenvalue weighted by Crippen LogP contribution is -2.33. The second-order valence-corrected chi connectivity index (χ2v) is 7.18. The number of hydrogen-bond acceptors (Lipinski definition) is 4. The first-order valence-corrected chi connectivity index (χ1v) is 9.47. The molecular formula is C21H16FN3O2S. The summed E-state index contributed by atoms with van der Waals surface area (Å²) in [6.45, 7) is -0.145. The normalized spacial score (nSPS) is 10.9. The number of rotatable bonds is 4. The van der Waals surface area contributed by atoms with E-state index in [2.05, 4.69) is 4.98 Å². The molecule has 0 spiro atoms. The van der Waals surface area contributed by atoms with E-state index >= 15 is 0 Å². The van der Waals surface area contributed by atoms with Crippen LogP contribution in [0.3, 0.4) is 0 Å². The molecule has 28 heavy (non-hydrogen) atoms. The van der Waals surface area contributed by atoms with E-state index in [-0.39, 0.29) is 23.8 Å². The summed E-state index contributed by atoms with van der Waals surface area (Å²) in [6, 6.07) is 15.3. The Hall–Kier alpha value is -3.32. The molecule has 4 aromatic rings. The standard InChI is InChI=1S/C21H16FN3O2S/c1-24(16-9-7-15(22)8-10-16)18(26)11-25-13-23-19-17(12-28-20(19)21(25)27)14-5-3-2-4-6-14/h2-10,12-13H,11H2,1H3. The Morgan fingerprint density at radius 1 is 1.14 bits per heavy atom. The van der Waals surface area contributed by atoms with Gasteiger partial charge in [-0.3, -0.25) is 14.2 Å². The second kappa shape index (κ2) is 7.36. The van der Waals surface area contributed by atoms with Crippen molar-refractivity contribution in [2.75, 3.05) is 11.9 Å². The number of halogens is 1. The van der Waals surface area contributed by atoms with E-state index in [1.165, 1.54) is 51.4 Å². The summed E-state index contributed by atoms with van der Waals surface area (Å²) in [4.78, 5) is 31.2. The largest absolute Gasteiger partial charge is 0.314 e. The van der Waals surface area contributed by atoms with E-state index in [1.807, 2.05) is 35.7 Å². The highest BCUT2D eigenvalue weighted by Gasteiger charge is 2.16. The predicted molar refractivity (Wildman–Crippen MR) is 109 cm³/mol. The topological polar surface area (TPSA) is 55.2 Å². The molecular weight excluding hydrogens is 377 g/mol. The zero-order valence-corrected chi connectivity index (χ0v) is 15.8. The molecule has 7 heteroatoms. The van der Waals surface area contributed by atoms with Crippen molar-refractivity contribution in [2.24, 2.45) is 0 Å². The lowest BCUT2D eigenvalue weighted by molar-refractivity contribution is -0.118. The van der Waals surface area contributed by atoms with Gasteiger partial charge in [0.2, 0.25) is 5.91 Å². The highest BCUT2D eigenvalue weighted by molar-refractivity contribution is 7.17.